The zero-order chi connectivity index (χ0) is 13.8. The van der Waals surface area contributed by atoms with Crippen LogP contribution < -0.4 is 5.32 Å². The molecule has 0 aliphatic rings. The van der Waals surface area contributed by atoms with E-state index in [0.29, 0.717) is 21.6 Å². The predicted molar refractivity (Wildman–Crippen MR) is 80.1 cm³/mol. The molecule has 2 aromatic rings. The lowest BCUT2D eigenvalue weighted by Crippen LogP contribution is -2.17. The molecule has 0 bridgehead atoms. The molecule has 0 radical (unpaired) electrons. The van der Waals surface area contributed by atoms with Crippen LogP contribution in [-0.4, -0.2) is 16.3 Å². The smallest absolute Gasteiger partial charge is 0.0652 e. The van der Waals surface area contributed by atoms with E-state index in [4.69, 9.17) is 34.8 Å². The van der Waals surface area contributed by atoms with E-state index in [1.165, 1.54) is 0 Å². The normalized spacial score (nSPS) is 10.9. The molecule has 0 saturated carbocycles. The highest BCUT2D eigenvalue weighted by molar-refractivity contribution is 6.44. The van der Waals surface area contributed by atoms with Gasteiger partial charge in [0.2, 0.25) is 0 Å². The van der Waals surface area contributed by atoms with Crippen LogP contribution in [0.25, 0.3) is 0 Å². The Labute approximate surface area is 127 Å². The Morgan fingerprint density at radius 3 is 2.58 bits per heavy atom. The van der Waals surface area contributed by atoms with E-state index < -0.39 is 0 Å². The van der Waals surface area contributed by atoms with Gasteiger partial charge in [-0.05, 0) is 18.2 Å². The van der Waals surface area contributed by atoms with Gasteiger partial charge in [0.15, 0.2) is 0 Å². The first kappa shape index (κ1) is 14.7. The van der Waals surface area contributed by atoms with Gasteiger partial charge in [-0.2, -0.15) is 5.10 Å². The van der Waals surface area contributed by atoms with E-state index in [9.17, 15) is 0 Å². The minimum atomic E-state index is 0.513. The lowest BCUT2D eigenvalue weighted by Gasteiger charge is -2.09. The molecule has 2 rings (SSSR count). The summed E-state index contributed by atoms with van der Waals surface area (Å²) in [6.45, 7) is 1.39. The molecule has 0 amide bonds. The number of halogens is 3. The van der Waals surface area contributed by atoms with Crippen LogP contribution in [0.2, 0.25) is 15.1 Å². The molecule has 0 aliphatic carbocycles. The monoisotopic (exact) mass is 317 g/mol. The van der Waals surface area contributed by atoms with Gasteiger partial charge in [-0.3, -0.25) is 4.68 Å². The minimum absolute atomic E-state index is 0.513. The molecule has 0 spiro atoms. The third-order valence-electron chi connectivity index (χ3n) is 2.77. The van der Waals surface area contributed by atoms with Gasteiger partial charge in [0.25, 0.3) is 0 Å². The van der Waals surface area contributed by atoms with Gasteiger partial charge in [0.05, 0.1) is 15.7 Å². The summed E-state index contributed by atoms with van der Waals surface area (Å²) in [7, 11) is 1.91. The fourth-order valence-corrected chi connectivity index (χ4v) is 2.44. The van der Waals surface area contributed by atoms with E-state index in [2.05, 4.69) is 10.4 Å². The fraction of sp³-hybridized carbons (Fsp3) is 0.308. The molecule has 0 atom stereocenters. The van der Waals surface area contributed by atoms with Crippen molar-refractivity contribution in [3.63, 3.8) is 0 Å². The van der Waals surface area contributed by atoms with Crippen molar-refractivity contribution in [3.8, 4) is 0 Å². The van der Waals surface area contributed by atoms with Crippen molar-refractivity contribution in [1.82, 2.24) is 15.1 Å². The molecule has 0 saturated heterocycles. The number of aryl methyl sites for hydroxylation is 1. The van der Waals surface area contributed by atoms with E-state index in [1.54, 1.807) is 16.8 Å². The number of benzene rings is 1. The van der Waals surface area contributed by atoms with Gasteiger partial charge in [0.1, 0.15) is 0 Å². The molecular formula is C13H14Cl3N3. The van der Waals surface area contributed by atoms with Gasteiger partial charge in [-0.1, -0.05) is 34.8 Å². The Hall–Kier alpha value is -0.740. The summed E-state index contributed by atoms with van der Waals surface area (Å²) in [4.78, 5) is 0. The SMILES string of the molecule is Cn1ccc(CCNCc2c(Cl)ccc(Cl)c2Cl)n1. The van der Waals surface area contributed by atoms with Crippen molar-refractivity contribution in [2.75, 3.05) is 6.54 Å². The molecule has 0 unspecified atom stereocenters. The summed E-state index contributed by atoms with van der Waals surface area (Å²) < 4.78 is 1.79. The number of nitrogens with one attached hydrogen (secondary N) is 1. The largest absolute Gasteiger partial charge is 0.312 e. The summed E-state index contributed by atoms with van der Waals surface area (Å²) in [6, 6.07) is 5.45. The Bertz CT molecular complexity index is 566. The maximum absolute atomic E-state index is 6.13. The molecule has 1 aromatic heterocycles. The summed E-state index contributed by atoms with van der Waals surface area (Å²) in [5, 5.41) is 9.26. The van der Waals surface area contributed by atoms with Crippen LogP contribution in [0.5, 0.6) is 0 Å². The maximum Gasteiger partial charge on any atom is 0.0652 e. The second-order valence-electron chi connectivity index (χ2n) is 4.23. The van der Waals surface area contributed by atoms with Crippen molar-refractivity contribution >= 4 is 34.8 Å². The molecule has 3 nitrogen and oxygen atoms in total. The van der Waals surface area contributed by atoms with Crippen molar-refractivity contribution in [3.05, 3.63) is 50.7 Å². The molecule has 0 aliphatic heterocycles. The molecule has 1 N–H and O–H groups in total. The minimum Gasteiger partial charge on any atom is -0.312 e. The Morgan fingerprint density at radius 1 is 1.16 bits per heavy atom. The summed E-state index contributed by atoms with van der Waals surface area (Å²) in [6.07, 6.45) is 2.79. The average molecular weight is 319 g/mol. The Balaban J connectivity index is 1.88. The number of nitrogens with zero attached hydrogens (tertiary/aromatic N) is 2. The fourth-order valence-electron chi connectivity index (χ4n) is 1.76. The third-order valence-corrected chi connectivity index (χ3v) is 3.96. The first-order chi connectivity index (χ1) is 9.08. The van der Waals surface area contributed by atoms with Crippen LogP contribution in [0, 0.1) is 0 Å². The first-order valence-corrected chi connectivity index (χ1v) is 7.03. The standard InChI is InChI=1S/C13H14Cl3N3/c1-19-7-5-9(18-19)4-6-17-8-10-11(14)2-3-12(15)13(10)16/h2-3,5,7,17H,4,6,8H2,1H3. The van der Waals surface area contributed by atoms with Crippen molar-refractivity contribution in [2.24, 2.45) is 7.05 Å². The average Bonchev–Trinajstić information content (AvgIpc) is 2.79. The highest BCUT2D eigenvalue weighted by atomic mass is 35.5. The van der Waals surface area contributed by atoms with Crippen molar-refractivity contribution in [2.45, 2.75) is 13.0 Å². The molecule has 1 aromatic carbocycles. The van der Waals surface area contributed by atoms with E-state index in [-0.39, 0.29) is 0 Å². The van der Waals surface area contributed by atoms with Crippen molar-refractivity contribution in [1.29, 1.82) is 0 Å². The van der Waals surface area contributed by atoms with Crippen LogP contribution in [0.3, 0.4) is 0 Å². The van der Waals surface area contributed by atoms with Gasteiger partial charge >= 0.3 is 0 Å². The van der Waals surface area contributed by atoms with E-state index in [1.807, 2.05) is 19.3 Å². The van der Waals surface area contributed by atoms with Gasteiger partial charge < -0.3 is 5.32 Å². The van der Waals surface area contributed by atoms with Gasteiger partial charge in [0, 0.05) is 43.3 Å². The number of hydrogen-bond donors (Lipinski definition) is 1. The van der Waals surface area contributed by atoms with Gasteiger partial charge in [-0.15, -0.1) is 0 Å². The van der Waals surface area contributed by atoms with Crippen LogP contribution in [0.15, 0.2) is 24.4 Å². The lowest BCUT2D eigenvalue weighted by molar-refractivity contribution is 0.665. The highest BCUT2D eigenvalue weighted by Crippen LogP contribution is 2.31. The van der Waals surface area contributed by atoms with E-state index in [0.717, 1.165) is 24.2 Å². The van der Waals surface area contributed by atoms with Crippen LogP contribution >= 0.6 is 34.8 Å². The predicted octanol–water partition coefficient (Wildman–Crippen LogP) is 3.71. The van der Waals surface area contributed by atoms with E-state index >= 15 is 0 Å². The highest BCUT2D eigenvalue weighted by Gasteiger charge is 2.09. The Morgan fingerprint density at radius 2 is 1.89 bits per heavy atom. The zero-order valence-electron chi connectivity index (χ0n) is 10.5. The van der Waals surface area contributed by atoms with Crippen LogP contribution in [-0.2, 0) is 20.0 Å². The molecule has 0 fully saturated rings. The number of aromatic nitrogens is 2. The van der Waals surface area contributed by atoms with Gasteiger partial charge in [-0.25, -0.2) is 0 Å². The molecular weight excluding hydrogens is 305 g/mol. The summed E-state index contributed by atoms with van der Waals surface area (Å²) in [5.41, 5.74) is 1.88. The zero-order valence-corrected chi connectivity index (χ0v) is 12.7. The van der Waals surface area contributed by atoms with Crippen LogP contribution in [0.4, 0.5) is 0 Å². The molecule has 19 heavy (non-hydrogen) atoms. The topological polar surface area (TPSA) is 29.9 Å². The summed E-state index contributed by atoms with van der Waals surface area (Å²) in [5.74, 6) is 0. The Kier molecular flexibility index (Phi) is 5.11. The maximum atomic E-state index is 6.13. The summed E-state index contributed by atoms with van der Waals surface area (Å²) >= 11 is 18.2. The molecule has 6 heteroatoms. The second kappa shape index (κ2) is 6.62. The molecule has 102 valence electrons. The van der Waals surface area contributed by atoms with Crippen molar-refractivity contribution < 1.29 is 0 Å². The number of rotatable bonds is 5. The second-order valence-corrected chi connectivity index (χ2v) is 5.42. The quantitative estimate of drug-likeness (QED) is 0.673. The number of hydrogen-bond acceptors (Lipinski definition) is 2. The third kappa shape index (κ3) is 3.86. The molecule has 1 heterocycles. The first-order valence-electron chi connectivity index (χ1n) is 5.89. The lowest BCUT2D eigenvalue weighted by atomic mass is 10.2. The van der Waals surface area contributed by atoms with Crippen LogP contribution in [0.1, 0.15) is 11.3 Å².